The third-order valence-corrected chi connectivity index (χ3v) is 4.31. The van der Waals surface area contributed by atoms with Crippen molar-refractivity contribution in [3.8, 4) is 0 Å². The van der Waals surface area contributed by atoms with Crippen molar-refractivity contribution in [2.24, 2.45) is 5.92 Å². The quantitative estimate of drug-likeness (QED) is 0.817. The molecule has 0 aliphatic heterocycles. The van der Waals surface area contributed by atoms with Gasteiger partial charge in [-0.05, 0) is 44.6 Å². The smallest absolute Gasteiger partial charge is 0.265 e. The van der Waals surface area contributed by atoms with Gasteiger partial charge >= 0.3 is 0 Å². The lowest BCUT2D eigenvalue weighted by Gasteiger charge is -2.28. The van der Waals surface area contributed by atoms with Crippen LogP contribution in [0.5, 0.6) is 0 Å². The number of nitrogens with zero attached hydrogens (tertiary/aromatic N) is 2. The second-order valence-electron chi connectivity index (χ2n) is 5.10. The Morgan fingerprint density at radius 1 is 1.37 bits per heavy atom. The topological polar surface area (TPSA) is 92.2 Å². The number of aryl methyl sites for hydroxylation is 1. The molecule has 1 heterocycles. The molecule has 1 aliphatic carbocycles. The van der Waals surface area contributed by atoms with Gasteiger partial charge < -0.3 is 5.32 Å². The Morgan fingerprint density at radius 3 is 2.63 bits per heavy atom. The third kappa shape index (κ3) is 4.76. The van der Waals surface area contributed by atoms with Crippen molar-refractivity contribution in [1.82, 2.24) is 9.97 Å². The van der Waals surface area contributed by atoms with Gasteiger partial charge in [-0.15, -0.1) is 0 Å². The van der Waals surface area contributed by atoms with E-state index in [0.29, 0.717) is 6.04 Å². The summed E-state index contributed by atoms with van der Waals surface area (Å²) in [6.07, 6.45) is 5.12. The van der Waals surface area contributed by atoms with Gasteiger partial charge in [0, 0.05) is 12.2 Å². The molecule has 1 aromatic rings. The summed E-state index contributed by atoms with van der Waals surface area (Å²) in [7, 11) is -3.85. The van der Waals surface area contributed by atoms with Crippen molar-refractivity contribution < 1.29 is 13.0 Å². The van der Waals surface area contributed by atoms with Gasteiger partial charge in [-0.3, -0.25) is 4.55 Å². The van der Waals surface area contributed by atoms with Crippen LogP contribution in [-0.4, -0.2) is 34.7 Å². The lowest BCUT2D eigenvalue weighted by molar-refractivity contribution is 0.353. The fraction of sp³-hybridized carbons (Fsp3) is 0.667. The molecule has 1 aromatic heterocycles. The fourth-order valence-electron chi connectivity index (χ4n) is 2.52. The van der Waals surface area contributed by atoms with Gasteiger partial charge in [-0.2, -0.15) is 8.42 Å². The Balaban J connectivity index is 1.84. The lowest BCUT2D eigenvalue weighted by Crippen LogP contribution is -2.29. The van der Waals surface area contributed by atoms with Crippen LogP contribution < -0.4 is 5.32 Å². The fourth-order valence-corrected chi connectivity index (χ4v) is 3.45. The number of aromatic nitrogens is 2. The molecule has 0 unspecified atom stereocenters. The summed E-state index contributed by atoms with van der Waals surface area (Å²) in [6.45, 7) is 1.84. The summed E-state index contributed by atoms with van der Waals surface area (Å²) in [5.74, 6) is 1.49. The molecule has 1 fully saturated rings. The minimum Gasteiger partial charge on any atom is -0.367 e. The average Bonchev–Trinajstić information content (AvgIpc) is 2.30. The lowest BCUT2D eigenvalue weighted by atomic mass is 9.87. The van der Waals surface area contributed by atoms with E-state index in [2.05, 4.69) is 15.3 Å². The van der Waals surface area contributed by atoms with Crippen LogP contribution in [0.2, 0.25) is 0 Å². The molecule has 0 spiro atoms. The maximum absolute atomic E-state index is 10.8. The Bertz CT molecular complexity index is 525. The highest BCUT2D eigenvalue weighted by Gasteiger charge is 2.24. The highest BCUT2D eigenvalue weighted by Crippen LogP contribution is 2.27. The van der Waals surface area contributed by atoms with Gasteiger partial charge in [0.05, 0.1) is 5.75 Å². The number of hydrogen-bond donors (Lipinski definition) is 2. The van der Waals surface area contributed by atoms with E-state index in [4.69, 9.17) is 4.55 Å². The molecule has 0 amide bonds. The average molecular weight is 285 g/mol. The summed E-state index contributed by atoms with van der Waals surface area (Å²) < 4.78 is 30.5. The van der Waals surface area contributed by atoms with Crippen LogP contribution in [0.1, 0.15) is 31.5 Å². The van der Waals surface area contributed by atoms with Crippen molar-refractivity contribution in [1.29, 1.82) is 0 Å². The zero-order valence-corrected chi connectivity index (χ0v) is 11.7. The molecule has 0 saturated heterocycles. The summed E-state index contributed by atoms with van der Waals surface area (Å²) in [5, 5.41) is 3.34. The predicted octanol–water partition coefficient (Wildman–Crippen LogP) is 1.64. The zero-order valence-electron chi connectivity index (χ0n) is 10.9. The summed E-state index contributed by atoms with van der Waals surface area (Å²) in [6, 6.07) is 2.14. The first-order chi connectivity index (χ1) is 8.92. The van der Waals surface area contributed by atoms with Gasteiger partial charge in [-0.25, -0.2) is 9.97 Å². The van der Waals surface area contributed by atoms with E-state index in [9.17, 15) is 8.42 Å². The van der Waals surface area contributed by atoms with E-state index in [1.807, 2.05) is 13.0 Å². The zero-order chi connectivity index (χ0) is 13.9. The number of hydrogen-bond acceptors (Lipinski definition) is 5. The van der Waals surface area contributed by atoms with Crippen molar-refractivity contribution in [2.75, 3.05) is 11.1 Å². The molecule has 2 N–H and O–H groups in total. The number of anilines is 1. The molecule has 2 rings (SSSR count). The second-order valence-corrected chi connectivity index (χ2v) is 6.60. The van der Waals surface area contributed by atoms with Crippen molar-refractivity contribution in [3.05, 3.63) is 18.1 Å². The van der Waals surface area contributed by atoms with Crippen LogP contribution in [0, 0.1) is 12.8 Å². The van der Waals surface area contributed by atoms with E-state index in [1.165, 1.54) is 0 Å². The molecule has 19 heavy (non-hydrogen) atoms. The molecule has 0 bridgehead atoms. The van der Waals surface area contributed by atoms with Crippen LogP contribution in [0.3, 0.4) is 0 Å². The molecule has 0 aromatic carbocycles. The number of rotatable bonds is 4. The first-order valence-corrected chi connectivity index (χ1v) is 8.04. The maximum Gasteiger partial charge on any atom is 0.265 e. The highest BCUT2D eigenvalue weighted by molar-refractivity contribution is 7.85. The first kappa shape index (κ1) is 14.2. The monoisotopic (exact) mass is 285 g/mol. The Labute approximate surface area is 113 Å². The molecule has 1 saturated carbocycles. The molecule has 0 radical (unpaired) electrons. The van der Waals surface area contributed by atoms with E-state index >= 15 is 0 Å². The van der Waals surface area contributed by atoms with Crippen LogP contribution in [0.15, 0.2) is 12.3 Å². The molecular weight excluding hydrogens is 266 g/mol. The molecule has 6 nitrogen and oxygen atoms in total. The van der Waals surface area contributed by atoms with E-state index in [0.717, 1.165) is 37.3 Å². The summed E-state index contributed by atoms with van der Waals surface area (Å²) in [4.78, 5) is 8.33. The molecule has 0 atom stereocenters. The Morgan fingerprint density at radius 2 is 2.05 bits per heavy atom. The van der Waals surface area contributed by atoms with Crippen molar-refractivity contribution in [3.63, 3.8) is 0 Å². The van der Waals surface area contributed by atoms with Gasteiger partial charge in [0.2, 0.25) is 0 Å². The highest BCUT2D eigenvalue weighted by atomic mass is 32.2. The minimum atomic E-state index is -3.85. The van der Waals surface area contributed by atoms with E-state index in [-0.39, 0.29) is 11.7 Å². The van der Waals surface area contributed by atoms with E-state index < -0.39 is 10.1 Å². The van der Waals surface area contributed by atoms with Crippen LogP contribution in [-0.2, 0) is 10.1 Å². The molecule has 1 aliphatic rings. The van der Waals surface area contributed by atoms with Crippen molar-refractivity contribution in [2.45, 2.75) is 38.6 Å². The summed E-state index contributed by atoms with van der Waals surface area (Å²) in [5.41, 5.74) is 0. The SMILES string of the molecule is Cc1nccc(NC2CCC(CS(=O)(=O)O)CC2)n1. The summed E-state index contributed by atoms with van der Waals surface area (Å²) >= 11 is 0. The van der Waals surface area contributed by atoms with Gasteiger partial charge in [0.15, 0.2) is 0 Å². The van der Waals surface area contributed by atoms with Gasteiger partial charge in [0.1, 0.15) is 11.6 Å². The van der Waals surface area contributed by atoms with Crippen LogP contribution in [0.4, 0.5) is 5.82 Å². The van der Waals surface area contributed by atoms with Crippen LogP contribution >= 0.6 is 0 Å². The number of nitrogens with one attached hydrogen (secondary N) is 1. The van der Waals surface area contributed by atoms with Gasteiger partial charge in [-0.1, -0.05) is 0 Å². The third-order valence-electron chi connectivity index (χ3n) is 3.42. The Hall–Kier alpha value is -1.21. The minimum absolute atomic E-state index is 0.0696. The molecular formula is C12H19N3O3S. The predicted molar refractivity (Wildman–Crippen MR) is 72.6 cm³/mol. The molecule has 7 heteroatoms. The maximum atomic E-state index is 10.8. The Kier molecular flexibility index (Phi) is 4.36. The van der Waals surface area contributed by atoms with Crippen molar-refractivity contribution >= 4 is 15.9 Å². The molecule has 106 valence electrons. The van der Waals surface area contributed by atoms with Crippen LogP contribution in [0.25, 0.3) is 0 Å². The second kappa shape index (κ2) is 5.83. The van der Waals surface area contributed by atoms with Gasteiger partial charge in [0.25, 0.3) is 10.1 Å². The normalized spacial score (nSPS) is 24.1. The standard InChI is InChI=1S/C12H19N3O3S/c1-9-13-7-6-12(14-9)15-11-4-2-10(3-5-11)8-19(16,17)18/h6-7,10-11H,2-5,8H2,1H3,(H,13,14,15)(H,16,17,18). The van der Waals surface area contributed by atoms with E-state index in [1.54, 1.807) is 6.20 Å². The first-order valence-electron chi connectivity index (χ1n) is 6.44. The largest absolute Gasteiger partial charge is 0.367 e.